The van der Waals surface area contributed by atoms with Crippen LogP contribution in [0.4, 0.5) is 5.69 Å². The third-order valence-electron chi connectivity index (χ3n) is 4.50. The van der Waals surface area contributed by atoms with Crippen LogP contribution in [-0.2, 0) is 10.0 Å². The van der Waals surface area contributed by atoms with Crippen molar-refractivity contribution in [2.45, 2.75) is 31.2 Å². The molecule has 0 aliphatic carbocycles. The molecule has 1 amide bonds. The lowest BCUT2D eigenvalue weighted by Gasteiger charge is -2.20. The van der Waals surface area contributed by atoms with Gasteiger partial charge in [0.15, 0.2) is 11.5 Å². The van der Waals surface area contributed by atoms with Crippen molar-refractivity contribution in [2.24, 2.45) is 0 Å². The Hall–Kier alpha value is -2.74. The van der Waals surface area contributed by atoms with Crippen molar-refractivity contribution in [2.75, 3.05) is 25.6 Å². The van der Waals surface area contributed by atoms with Gasteiger partial charge in [-0.15, -0.1) is 0 Å². The predicted molar refractivity (Wildman–Crippen MR) is 109 cm³/mol. The lowest BCUT2D eigenvalue weighted by Crippen LogP contribution is -2.32. The third kappa shape index (κ3) is 4.56. The number of rotatable bonds is 8. The summed E-state index contributed by atoms with van der Waals surface area (Å²) in [5.41, 5.74) is 0.913. The van der Waals surface area contributed by atoms with E-state index in [1.165, 1.54) is 33.4 Å². The average molecular weight is 407 g/mol. The van der Waals surface area contributed by atoms with Crippen molar-refractivity contribution in [1.82, 2.24) is 5.32 Å². The largest absolute Gasteiger partial charge is 0.493 e. The van der Waals surface area contributed by atoms with E-state index in [0.717, 1.165) is 10.7 Å². The minimum atomic E-state index is -3.81. The molecular formula is C20H26N2O5S. The molecule has 2 aromatic carbocycles. The Morgan fingerprint density at radius 1 is 1.07 bits per heavy atom. The van der Waals surface area contributed by atoms with Crippen molar-refractivity contribution in [3.8, 4) is 11.5 Å². The zero-order chi connectivity index (χ0) is 20.9. The van der Waals surface area contributed by atoms with E-state index in [1.807, 2.05) is 13.8 Å². The van der Waals surface area contributed by atoms with Crippen molar-refractivity contribution >= 4 is 21.6 Å². The molecule has 0 bridgehead atoms. The Labute approximate surface area is 166 Å². The fourth-order valence-corrected chi connectivity index (χ4v) is 3.72. The van der Waals surface area contributed by atoms with E-state index in [2.05, 4.69) is 5.32 Å². The minimum absolute atomic E-state index is 0.0697. The van der Waals surface area contributed by atoms with E-state index in [0.29, 0.717) is 22.7 Å². The number of carbonyl (C=O) groups is 1. The fraction of sp³-hybridized carbons (Fsp3) is 0.350. The minimum Gasteiger partial charge on any atom is -0.493 e. The molecule has 1 N–H and O–H groups in total. The van der Waals surface area contributed by atoms with E-state index in [1.54, 1.807) is 30.3 Å². The topological polar surface area (TPSA) is 84.9 Å². The van der Waals surface area contributed by atoms with Crippen LogP contribution in [0.2, 0.25) is 0 Å². The number of sulfonamides is 1. The number of amides is 1. The number of hydrogen-bond acceptors (Lipinski definition) is 5. The first-order valence-electron chi connectivity index (χ1n) is 8.86. The number of nitrogens with one attached hydrogen (secondary N) is 1. The van der Waals surface area contributed by atoms with Gasteiger partial charge in [0.25, 0.3) is 15.9 Å². The maximum Gasteiger partial charge on any atom is 0.264 e. The molecule has 0 heterocycles. The van der Waals surface area contributed by atoms with E-state index in [-0.39, 0.29) is 16.8 Å². The summed E-state index contributed by atoms with van der Waals surface area (Å²) in [4.78, 5) is 12.3. The van der Waals surface area contributed by atoms with Crippen molar-refractivity contribution in [1.29, 1.82) is 0 Å². The summed E-state index contributed by atoms with van der Waals surface area (Å²) in [7, 11) is 0.579. The van der Waals surface area contributed by atoms with Gasteiger partial charge in [0.2, 0.25) is 0 Å². The fourth-order valence-electron chi connectivity index (χ4n) is 2.51. The monoisotopic (exact) mass is 406 g/mol. The van der Waals surface area contributed by atoms with E-state index >= 15 is 0 Å². The maximum atomic E-state index is 13.0. The van der Waals surface area contributed by atoms with Crippen molar-refractivity contribution < 1.29 is 22.7 Å². The molecule has 8 heteroatoms. The Morgan fingerprint density at radius 2 is 1.68 bits per heavy atom. The summed E-state index contributed by atoms with van der Waals surface area (Å²) < 4.78 is 37.4. The molecule has 2 rings (SSSR count). The van der Waals surface area contributed by atoms with Crippen LogP contribution in [-0.4, -0.2) is 41.6 Å². The first kappa shape index (κ1) is 21.6. The second-order valence-electron chi connectivity index (χ2n) is 6.32. The Bertz CT molecular complexity index is 926. The Balaban J connectivity index is 2.27. The van der Waals surface area contributed by atoms with Gasteiger partial charge in [0, 0.05) is 24.7 Å². The zero-order valence-corrected chi connectivity index (χ0v) is 17.5. The number of ether oxygens (including phenoxy) is 2. The van der Waals surface area contributed by atoms with Crippen LogP contribution >= 0.6 is 0 Å². The summed E-state index contributed by atoms with van der Waals surface area (Å²) in [5.74, 6) is 0.584. The summed E-state index contributed by atoms with van der Waals surface area (Å²) in [6.45, 7) is 3.91. The van der Waals surface area contributed by atoms with Gasteiger partial charge in [0.05, 0.1) is 24.8 Å². The van der Waals surface area contributed by atoms with Gasteiger partial charge in [-0.2, -0.15) is 0 Å². The van der Waals surface area contributed by atoms with Gasteiger partial charge >= 0.3 is 0 Å². The van der Waals surface area contributed by atoms with Crippen molar-refractivity contribution in [3.63, 3.8) is 0 Å². The van der Waals surface area contributed by atoms with Crippen LogP contribution < -0.4 is 19.1 Å². The number of hydrogen-bond donors (Lipinski definition) is 1. The van der Waals surface area contributed by atoms with Crippen LogP contribution in [0.5, 0.6) is 11.5 Å². The number of nitrogens with zero attached hydrogens (tertiary/aromatic N) is 1. The molecule has 152 valence electrons. The van der Waals surface area contributed by atoms with Gasteiger partial charge in [-0.3, -0.25) is 9.10 Å². The molecular weight excluding hydrogens is 380 g/mol. The van der Waals surface area contributed by atoms with Crippen LogP contribution in [0, 0.1) is 0 Å². The molecule has 0 fully saturated rings. The SMILES string of the molecule is CC[C@@H](C)NC(=O)c1ccc(N(C)S(=O)(=O)c2ccc(OC)c(OC)c2)cc1. The number of benzene rings is 2. The Kier molecular flexibility index (Phi) is 6.90. The summed E-state index contributed by atoms with van der Waals surface area (Å²) in [6.07, 6.45) is 0.829. The van der Waals surface area contributed by atoms with Crippen LogP contribution in [0.25, 0.3) is 0 Å². The second-order valence-corrected chi connectivity index (χ2v) is 8.29. The van der Waals surface area contributed by atoms with E-state index < -0.39 is 10.0 Å². The number of methoxy groups -OCH3 is 2. The van der Waals surface area contributed by atoms with Crippen LogP contribution in [0.1, 0.15) is 30.6 Å². The molecule has 2 aromatic rings. The summed E-state index contributed by atoms with van der Waals surface area (Å²) in [5, 5.41) is 2.88. The Morgan fingerprint density at radius 3 is 2.21 bits per heavy atom. The number of anilines is 1. The summed E-state index contributed by atoms with van der Waals surface area (Å²) in [6, 6.07) is 10.9. The van der Waals surface area contributed by atoms with E-state index in [4.69, 9.17) is 9.47 Å². The molecule has 7 nitrogen and oxygen atoms in total. The molecule has 0 unspecified atom stereocenters. The lowest BCUT2D eigenvalue weighted by molar-refractivity contribution is 0.0939. The molecule has 1 atom stereocenters. The molecule has 0 spiro atoms. The summed E-state index contributed by atoms with van der Waals surface area (Å²) >= 11 is 0. The molecule has 28 heavy (non-hydrogen) atoms. The lowest BCUT2D eigenvalue weighted by atomic mass is 10.1. The van der Waals surface area contributed by atoms with Crippen molar-refractivity contribution in [3.05, 3.63) is 48.0 Å². The predicted octanol–water partition coefficient (Wildman–Crippen LogP) is 3.06. The highest BCUT2D eigenvalue weighted by Crippen LogP contribution is 2.31. The van der Waals surface area contributed by atoms with Crippen LogP contribution in [0.15, 0.2) is 47.4 Å². The highest BCUT2D eigenvalue weighted by molar-refractivity contribution is 7.92. The first-order chi connectivity index (χ1) is 13.2. The van der Waals surface area contributed by atoms with E-state index in [9.17, 15) is 13.2 Å². The molecule has 0 aliphatic rings. The second kappa shape index (κ2) is 8.97. The smallest absolute Gasteiger partial charge is 0.264 e. The molecule has 0 aromatic heterocycles. The number of carbonyl (C=O) groups excluding carboxylic acids is 1. The average Bonchev–Trinajstić information content (AvgIpc) is 2.72. The highest BCUT2D eigenvalue weighted by Gasteiger charge is 2.23. The van der Waals surface area contributed by atoms with Gasteiger partial charge < -0.3 is 14.8 Å². The first-order valence-corrected chi connectivity index (χ1v) is 10.3. The normalized spacial score (nSPS) is 12.2. The third-order valence-corrected chi connectivity index (χ3v) is 6.28. The highest BCUT2D eigenvalue weighted by atomic mass is 32.2. The quantitative estimate of drug-likeness (QED) is 0.728. The molecule has 0 saturated carbocycles. The maximum absolute atomic E-state index is 13.0. The van der Waals surface area contributed by atoms with Crippen LogP contribution in [0.3, 0.4) is 0 Å². The molecule has 0 saturated heterocycles. The van der Waals surface area contributed by atoms with Gasteiger partial charge in [0.1, 0.15) is 0 Å². The van der Waals surface area contributed by atoms with Gasteiger partial charge in [-0.1, -0.05) is 6.92 Å². The van der Waals surface area contributed by atoms with Gasteiger partial charge in [-0.05, 0) is 49.7 Å². The molecule has 0 radical (unpaired) electrons. The standard InChI is InChI=1S/C20H26N2O5S/c1-6-14(2)21-20(23)15-7-9-16(10-8-15)22(3)28(24,25)17-11-12-18(26-4)19(13-17)27-5/h7-14H,6H2,1-5H3,(H,21,23)/t14-/m1/s1. The van der Waals surface area contributed by atoms with Gasteiger partial charge in [-0.25, -0.2) is 8.42 Å². The molecule has 0 aliphatic heterocycles. The zero-order valence-electron chi connectivity index (χ0n) is 16.7.